The van der Waals surface area contributed by atoms with Crippen molar-refractivity contribution < 1.29 is 0 Å². The monoisotopic (exact) mass is 334 g/mol. The predicted molar refractivity (Wildman–Crippen MR) is 85.2 cm³/mol. The fourth-order valence-corrected chi connectivity index (χ4v) is 3.44. The minimum atomic E-state index is 0.0975. The summed E-state index contributed by atoms with van der Waals surface area (Å²) in [6.07, 6.45) is 0. The van der Waals surface area contributed by atoms with Crippen LogP contribution in [0.1, 0.15) is 16.7 Å². The van der Waals surface area contributed by atoms with Crippen LogP contribution >= 0.6 is 27.7 Å². The number of hydrogen-bond donors (Lipinski definition) is 2. The van der Waals surface area contributed by atoms with Gasteiger partial charge in [0.1, 0.15) is 5.84 Å². The molecule has 0 spiro atoms. The molecule has 2 aromatic rings. The van der Waals surface area contributed by atoms with Gasteiger partial charge in [0.05, 0.1) is 0 Å². The molecule has 0 heterocycles. The van der Waals surface area contributed by atoms with Crippen molar-refractivity contribution in [3.63, 3.8) is 0 Å². The highest BCUT2D eigenvalue weighted by atomic mass is 79.9. The van der Waals surface area contributed by atoms with E-state index >= 15 is 0 Å². The molecular formula is C15H15BrN2S. The molecule has 2 nitrogen and oxygen atoms in total. The highest BCUT2D eigenvalue weighted by Crippen LogP contribution is 2.34. The number of amidine groups is 1. The Kier molecular flexibility index (Phi) is 4.32. The Morgan fingerprint density at radius 3 is 2.53 bits per heavy atom. The average molecular weight is 335 g/mol. The molecule has 98 valence electrons. The molecule has 0 atom stereocenters. The zero-order valence-corrected chi connectivity index (χ0v) is 13.2. The van der Waals surface area contributed by atoms with Crippen LogP contribution in [0, 0.1) is 19.3 Å². The van der Waals surface area contributed by atoms with Crippen molar-refractivity contribution in [2.24, 2.45) is 5.73 Å². The number of halogens is 1. The van der Waals surface area contributed by atoms with Crippen molar-refractivity contribution in [1.82, 2.24) is 0 Å². The fourth-order valence-electron chi connectivity index (χ4n) is 1.74. The largest absolute Gasteiger partial charge is 0.384 e. The molecule has 2 aromatic carbocycles. The SMILES string of the molecule is Cc1ccc(C)c(Sc2cc(Br)ccc2C(=N)N)c1. The minimum absolute atomic E-state index is 0.0975. The lowest BCUT2D eigenvalue weighted by Gasteiger charge is -2.11. The Morgan fingerprint density at radius 2 is 1.84 bits per heavy atom. The van der Waals surface area contributed by atoms with E-state index in [-0.39, 0.29) is 5.84 Å². The van der Waals surface area contributed by atoms with Crippen molar-refractivity contribution in [3.8, 4) is 0 Å². The van der Waals surface area contributed by atoms with Crippen LogP contribution in [0.15, 0.2) is 50.7 Å². The van der Waals surface area contributed by atoms with Crippen molar-refractivity contribution in [2.75, 3.05) is 0 Å². The third-order valence-electron chi connectivity index (χ3n) is 2.80. The number of benzene rings is 2. The number of nitrogen functional groups attached to an aromatic ring is 1. The molecule has 0 amide bonds. The number of hydrogen-bond acceptors (Lipinski definition) is 2. The van der Waals surface area contributed by atoms with Crippen LogP contribution in [0.2, 0.25) is 0 Å². The molecule has 2 rings (SSSR count). The smallest absolute Gasteiger partial charge is 0.123 e. The zero-order valence-electron chi connectivity index (χ0n) is 10.8. The molecule has 0 aliphatic rings. The van der Waals surface area contributed by atoms with Crippen molar-refractivity contribution in [3.05, 3.63) is 57.6 Å². The van der Waals surface area contributed by atoms with E-state index in [1.54, 1.807) is 11.8 Å². The quantitative estimate of drug-likeness (QED) is 0.641. The first kappa shape index (κ1) is 14.2. The van der Waals surface area contributed by atoms with Gasteiger partial charge in [-0.05, 0) is 49.2 Å². The highest BCUT2D eigenvalue weighted by molar-refractivity contribution is 9.10. The molecule has 19 heavy (non-hydrogen) atoms. The van der Waals surface area contributed by atoms with Gasteiger partial charge in [0, 0.05) is 19.8 Å². The van der Waals surface area contributed by atoms with Crippen LogP contribution in [-0.2, 0) is 0 Å². The molecule has 0 radical (unpaired) electrons. The van der Waals surface area contributed by atoms with Crippen LogP contribution in [0.3, 0.4) is 0 Å². The van der Waals surface area contributed by atoms with E-state index in [9.17, 15) is 0 Å². The summed E-state index contributed by atoms with van der Waals surface area (Å²) >= 11 is 5.11. The van der Waals surface area contributed by atoms with Gasteiger partial charge in [-0.15, -0.1) is 0 Å². The van der Waals surface area contributed by atoms with Gasteiger partial charge in [0.15, 0.2) is 0 Å². The van der Waals surface area contributed by atoms with Crippen LogP contribution in [0.5, 0.6) is 0 Å². The molecule has 0 unspecified atom stereocenters. The predicted octanol–water partition coefficient (Wildman–Crippen LogP) is 4.50. The van der Waals surface area contributed by atoms with Crippen molar-refractivity contribution in [1.29, 1.82) is 5.41 Å². The Morgan fingerprint density at radius 1 is 1.11 bits per heavy atom. The fraction of sp³-hybridized carbons (Fsp3) is 0.133. The van der Waals surface area contributed by atoms with Gasteiger partial charge >= 0.3 is 0 Å². The van der Waals surface area contributed by atoms with Gasteiger partial charge in [-0.1, -0.05) is 39.8 Å². The van der Waals surface area contributed by atoms with Gasteiger partial charge in [0.25, 0.3) is 0 Å². The maximum absolute atomic E-state index is 7.66. The van der Waals surface area contributed by atoms with Gasteiger partial charge in [-0.25, -0.2) is 0 Å². The molecule has 3 N–H and O–H groups in total. The first-order valence-corrected chi connectivity index (χ1v) is 7.47. The Hall–Kier alpha value is -1.26. The molecule has 0 bridgehead atoms. The summed E-state index contributed by atoms with van der Waals surface area (Å²) in [5, 5.41) is 7.66. The number of aryl methyl sites for hydroxylation is 2. The maximum atomic E-state index is 7.66. The molecule has 4 heteroatoms. The summed E-state index contributed by atoms with van der Waals surface area (Å²) in [5.41, 5.74) is 8.87. The van der Waals surface area contributed by atoms with Crippen LogP contribution in [0.25, 0.3) is 0 Å². The standard InChI is InChI=1S/C15H15BrN2S/c1-9-3-4-10(2)13(7-9)19-14-8-11(16)5-6-12(14)15(17)18/h3-8H,1-2H3,(H3,17,18). The van der Waals surface area contributed by atoms with Gasteiger partial charge in [-0.2, -0.15) is 0 Å². The van der Waals surface area contributed by atoms with Crippen LogP contribution in [-0.4, -0.2) is 5.84 Å². The van der Waals surface area contributed by atoms with E-state index in [2.05, 4.69) is 48.0 Å². The second-order valence-corrected chi connectivity index (χ2v) is 6.42. The normalized spacial score (nSPS) is 10.5. The lowest BCUT2D eigenvalue weighted by molar-refractivity contribution is 1.25. The minimum Gasteiger partial charge on any atom is -0.384 e. The summed E-state index contributed by atoms with van der Waals surface area (Å²) in [6, 6.07) is 12.2. The summed E-state index contributed by atoms with van der Waals surface area (Å²) < 4.78 is 0.991. The van der Waals surface area contributed by atoms with E-state index < -0.39 is 0 Å². The molecule has 0 saturated heterocycles. The number of rotatable bonds is 3. The molecular weight excluding hydrogens is 320 g/mol. The summed E-state index contributed by atoms with van der Waals surface area (Å²) in [5.74, 6) is 0.0975. The Labute approximate surface area is 126 Å². The van der Waals surface area contributed by atoms with E-state index in [4.69, 9.17) is 11.1 Å². The number of nitrogens with one attached hydrogen (secondary N) is 1. The summed E-state index contributed by atoms with van der Waals surface area (Å²) in [6.45, 7) is 4.17. The van der Waals surface area contributed by atoms with E-state index in [1.165, 1.54) is 16.0 Å². The first-order chi connectivity index (χ1) is 8.97. The van der Waals surface area contributed by atoms with Crippen LogP contribution < -0.4 is 5.73 Å². The zero-order chi connectivity index (χ0) is 14.0. The summed E-state index contributed by atoms with van der Waals surface area (Å²) in [4.78, 5) is 2.19. The van der Waals surface area contributed by atoms with E-state index in [0.717, 1.165) is 14.9 Å². The lowest BCUT2D eigenvalue weighted by atomic mass is 10.2. The highest BCUT2D eigenvalue weighted by Gasteiger charge is 2.09. The molecule has 0 aromatic heterocycles. The van der Waals surface area contributed by atoms with Crippen molar-refractivity contribution >= 4 is 33.5 Å². The van der Waals surface area contributed by atoms with E-state index in [0.29, 0.717) is 0 Å². The molecule has 0 saturated carbocycles. The third-order valence-corrected chi connectivity index (χ3v) is 4.51. The van der Waals surface area contributed by atoms with Crippen molar-refractivity contribution in [2.45, 2.75) is 23.6 Å². The number of nitrogens with two attached hydrogens (primary N) is 1. The van der Waals surface area contributed by atoms with E-state index in [1.807, 2.05) is 18.2 Å². The van der Waals surface area contributed by atoms with Crippen LogP contribution in [0.4, 0.5) is 0 Å². The summed E-state index contributed by atoms with van der Waals surface area (Å²) in [7, 11) is 0. The Bertz CT molecular complexity index is 638. The molecule has 0 aliphatic heterocycles. The lowest BCUT2D eigenvalue weighted by Crippen LogP contribution is -2.12. The first-order valence-electron chi connectivity index (χ1n) is 5.86. The van der Waals surface area contributed by atoms with Gasteiger partial charge < -0.3 is 5.73 Å². The Balaban J connectivity index is 2.45. The maximum Gasteiger partial charge on any atom is 0.123 e. The van der Waals surface area contributed by atoms with Gasteiger partial charge in [0.2, 0.25) is 0 Å². The second-order valence-electron chi connectivity index (χ2n) is 4.43. The molecule has 0 aliphatic carbocycles. The topological polar surface area (TPSA) is 49.9 Å². The molecule has 0 fully saturated rings. The third kappa shape index (κ3) is 3.39. The average Bonchev–Trinajstić information content (AvgIpc) is 2.33. The van der Waals surface area contributed by atoms with Gasteiger partial charge in [-0.3, -0.25) is 5.41 Å². The second kappa shape index (κ2) is 5.80.